The predicted molar refractivity (Wildman–Crippen MR) is 79.2 cm³/mol. The summed E-state index contributed by atoms with van der Waals surface area (Å²) in [5.41, 5.74) is 0.365. The van der Waals surface area contributed by atoms with Crippen LogP contribution in [0.15, 0.2) is 0 Å². The summed E-state index contributed by atoms with van der Waals surface area (Å²) in [5.74, 6) is 0.976. The van der Waals surface area contributed by atoms with Gasteiger partial charge >= 0.3 is 0 Å². The lowest BCUT2D eigenvalue weighted by molar-refractivity contribution is -0.0700. The highest BCUT2D eigenvalue weighted by molar-refractivity contribution is 5.01. The first-order valence-corrected chi connectivity index (χ1v) is 8.26. The summed E-state index contributed by atoms with van der Waals surface area (Å²) in [6.07, 6.45) is 6.79. The minimum atomic E-state index is 0.228. The topological polar surface area (TPSA) is 36.3 Å². The van der Waals surface area contributed by atoms with E-state index in [4.69, 9.17) is 4.74 Å². The van der Waals surface area contributed by atoms with Gasteiger partial charge in [0.2, 0.25) is 0 Å². The van der Waals surface area contributed by atoms with E-state index in [1.54, 1.807) is 0 Å². The molecular formula is C17H28N2O. The summed E-state index contributed by atoms with van der Waals surface area (Å²) in [6, 6.07) is 3.05. The molecule has 5 atom stereocenters. The summed E-state index contributed by atoms with van der Waals surface area (Å²) in [7, 11) is 0. The van der Waals surface area contributed by atoms with Gasteiger partial charge in [0.15, 0.2) is 0 Å². The quantitative estimate of drug-likeness (QED) is 0.738. The minimum Gasteiger partial charge on any atom is -0.372 e. The van der Waals surface area contributed by atoms with Crippen molar-refractivity contribution in [3.8, 4) is 6.07 Å². The molecule has 5 unspecified atom stereocenters. The summed E-state index contributed by atoms with van der Waals surface area (Å²) in [5, 5.41) is 9.52. The Bertz CT molecular complexity index is 383. The van der Waals surface area contributed by atoms with Gasteiger partial charge in [-0.3, -0.25) is 4.90 Å². The standard InChI is InChI=1S/C17H28N2O/c1-17(2,3)13-5-4-12(9-18)16(8-13)19-10-14-6-7-15(11-19)20-14/h12-16H,4-8,10-11H2,1-3H3. The number of fused-ring (bicyclic) bond motifs is 2. The lowest BCUT2D eigenvalue weighted by Crippen LogP contribution is -2.53. The van der Waals surface area contributed by atoms with Gasteiger partial charge in [0.25, 0.3) is 0 Å². The fourth-order valence-corrected chi connectivity index (χ4v) is 4.40. The van der Waals surface area contributed by atoms with Crippen LogP contribution < -0.4 is 0 Å². The molecular weight excluding hydrogens is 248 g/mol. The van der Waals surface area contributed by atoms with Gasteiger partial charge in [0.05, 0.1) is 24.2 Å². The zero-order chi connectivity index (χ0) is 14.3. The Hall–Kier alpha value is -0.590. The third-order valence-corrected chi connectivity index (χ3v) is 5.75. The van der Waals surface area contributed by atoms with E-state index in [2.05, 4.69) is 31.7 Å². The zero-order valence-corrected chi connectivity index (χ0v) is 13.1. The zero-order valence-electron chi connectivity index (χ0n) is 13.1. The average molecular weight is 276 g/mol. The molecule has 3 fully saturated rings. The Morgan fingerprint density at radius 2 is 1.70 bits per heavy atom. The maximum Gasteiger partial charge on any atom is 0.0707 e. The molecule has 0 radical (unpaired) electrons. The van der Waals surface area contributed by atoms with Gasteiger partial charge in [-0.1, -0.05) is 20.8 Å². The monoisotopic (exact) mass is 276 g/mol. The molecule has 1 saturated carbocycles. The largest absolute Gasteiger partial charge is 0.372 e. The minimum absolute atomic E-state index is 0.228. The number of rotatable bonds is 1. The first-order valence-electron chi connectivity index (χ1n) is 8.26. The van der Waals surface area contributed by atoms with Gasteiger partial charge in [0.1, 0.15) is 0 Å². The molecule has 1 aliphatic carbocycles. The summed E-state index contributed by atoms with van der Waals surface area (Å²) in [4.78, 5) is 2.59. The molecule has 0 aromatic rings. The molecule has 3 aliphatic rings. The molecule has 2 heterocycles. The van der Waals surface area contributed by atoms with Crippen LogP contribution in [0.4, 0.5) is 0 Å². The van der Waals surface area contributed by atoms with Gasteiger partial charge in [-0.25, -0.2) is 0 Å². The first kappa shape index (κ1) is 14.4. The Kier molecular flexibility index (Phi) is 3.81. The van der Waals surface area contributed by atoms with Crippen molar-refractivity contribution in [2.45, 2.75) is 71.1 Å². The van der Waals surface area contributed by atoms with E-state index in [1.807, 2.05) is 0 Å². The van der Waals surface area contributed by atoms with Crippen LogP contribution >= 0.6 is 0 Å². The molecule has 112 valence electrons. The van der Waals surface area contributed by atoms with E-state index in [0.717, 1.165) is 25.4 Å². The molecule has 0 spiro atoms. The maximum atomic E-state index is 9.52. The molecule has 3 rings (SSSR count). The van der Waals surface area contributed by atoms with Gasteiger partial charge in [0, 0.05) is 19.1 Å². The number of likely N-dealkylation sites (tertiary alicyclic amines) is 1. The van der Waals surface area contributed by atoms with E-state index in [1.165, 1.54) is 25.7 Å². The average Bonchev–Trinajstić information content (AvgIpc) is 2.75. The molecule has 0 aromatic carbocycles. The molecule has 20 heavy (non-hydrogen) atoms. The van der Waals surface area contributed by atoms with Crippen molar-refractivity contribution < 1.29 is 4.74 Å². The van der Waals surface area contributed by atoms with Crippen LogP contribution in [0.2, 0.25) is 0 Å². The lowest BCUT2D eigenvalue weighted by Gasteiger charge is -2.46. The van der Waals surface area contributed by atoms with E-state index in [0.29, 0.717) is 23.7 Å². The SMILES string of the molecule is CC(C)(C)C1CCC(C#N)C(N2CC3CCC(C2)O3)C1. The second-order valence-electron chi connectivity index (χ2n) is 8.09. The van der Waals surface area contributed by atoms with E-state index >= 15 is 0 Å². The second kappa shape index (κ2) is 5.31. The molecule has 2 aliphatic heterocycles. The van der Waals surface area contributed by atoms with Crippen LogP contribution in [-0.2, 0) is 4.74 Å². The Balaban J connectivity index is 1.73. The van der Waals surface area contributed by atoms with Crippen molar-refractivity contribution in [2.24, 2.45) is 17.3 Å². The van der Waals surface area contributed by atoms with E-state index < -0.39 is 0 Å². The maximum absolute atomic E-state index is 9.52. The third-order valence-electron chi connectivity index (χ3n) is 5.75. The number of ether oxygens (including phenoxy) is 1. The van der Waals surface area contributed by atoms with Crippen LogP contribution in [0.3, 0.4) is 0 Å². The van der Waals surface area contributed by atoms with Crippen LogP contribution in [0.1, 0.15) is 52.9 Å². The smallest absolute Gasteiger partial charge is 0.0707 e. The number of hydrogen-bond donors (Lipinski definition) is 0. The van der Waals surface area contributed by atoms with Crippen molar-refractivity contribution in [1.29, 1.82) is 5.26 Å². The highest BCUT2D eigenvalue weighted by atomic mass is 16.5. The molecule has 3 nitrogen and oxygen atoms in total. The summed E-state index contributed by atoms with van der Waals surface area (Å²) < 4.78 is 5.96. The van der Waals surface area contributed by atoms with Gasteiger partial charge < -0.3 is 4.74 Å². The van der Waals surface area contributed by atoms with E-state index in [9.17, 15) is 5.26 Å². The Morgan fingerprint density at radius 1 is 1.05 bits per heavy atom. The molecule has 0 amide bonds. The fourth-order valence-electron chi connectivity index (χ4n) is 4.40. The number of nitrogens with zero attached hydrogens (tertiary/aromatic N) is 2. The lowest BCUT2D eigenvalue weighted by atomic mass is 9.67. The van der Waals surface area contributed by atoms with Crippen molar-refractivity contribution >= 4 is 0 Å². The normalized spacial score (nSPS) is 42.4. The second-order valence-corrected chi connectivity index (χ2v) is 8.09. The molecule has 0 aromatic heterocycles. The van der Waals surface area contributed by atoms with Crippen LogP contribution in [0.5, 0.6) is 0 Å². The highest BCUT2D eigenvalue weighted by Crippen LogP contribution is 2.42. The van der Waals surface area contributed by atoms with E-state index in [-0.39, 0.29) is 5.92 Å². The van der Waals surface area contributed by atoms with Crippen molar-refractivity contribution in [3.63, 3.8) is 0 Å². The van der Waals surface area contributed by atoms with Crippen molar-refractivity contribution in [1.82, 2.24) is 4.90 Å². The van der Waals surface area contributed by atoms with Crippen molar-refractivity contribution in [2.75, 3.05) is 13.1 Å². The van der Waals surface area contributed by atoms with Crippen LogP contribution in [0, 0.1) is 28.6 Å². The predicted octanol–water partition coefficient (Wildman–Crippen LogP) is 3.20. The van der Waals surface area contributed by atoms with Gasteiger partial charge in [-0.15, -0.1) is 0 Å². The van der Waals surface area contributed by atoms with Crippen LogP contribution in [0.25, 0.3) is 0 Å². The number of nitriles is 1. The summed E-state index contributed by atoms with van der Waals surface area (Å²) in [6.45, 7) is 9.16. The van der Waals surface area contributed by atoms with Gasteiger partial charge in [-0.2, -0.15) is 5.26 Å². The molecule has 3 heteroatoms. The summed E-state index contributed by atoms with van der Waals surface area (Å²) >= 11 is 0. The van der Waals surface area contributed by atoms with Crippen LogP contribution in [-0.4, -0.2) is 36.2 Å². The van der Waals surface area contributed by atoms with Crippen molar-refractivity contribution in [3.05, 3.63) is 0 Å². The Labute approximate surface area is 123 Å². The van der Waals surface area contributed by atoms with Gasteiger partial charge in [-0.05, 0) is 43.4 Å². The molecule has 2 saturated heterocycles. The molecule has 2 bridgehead atoms. The first-order chi connectivity index (χ1) is 9.47. The number of morpholine rings is 1. The Morgan fingerprint density at radius 3 is 2.25 bits per heavy atom. The highest BCUT2D eigenvalue weighted by Gasteiger charge is 2.43. The molecule has 0 N–H and O–H groups in total. The number of hydrogen-bond acceptors (Lipinski definition) is 3. The fraction of sp³-hybridized carbons (Fsp3) is 0.941. The third kappa shape index (κ3) is 2.73.